The van der Waals surface area contributed by atoms with Crippen LogP contribution in [0.25, 0.3) is 16.7 Å². The highest BCUT2D eigenvalue weighted by Crippen LogP contribution is 2.32. The molecule has 0 unspecified atom stereocenters. The van der Waals surface area contributed by atoms with Gasteiger partial charge in [0.1, 0.15) is 9.53 Å². The number of ether oxygens (including phenoxy) is 1. The molecular formula is C18H19IN4O. The van der Waals surface area contributed by atoms with E-state index < -0.39 is 0 Å². The molecule has 0 saturated carbocycles. The van der Waals surface area contributed by atoms with Crippen LogP contribution in [-0.2, 0) is 4.74 Å². The molecule has 5 nitrogen and oxygen atoms in total. The van der Waals surface area contributed by atoms with E-state index in [1.54, 1.807) is 0 Å². The molecule has 0 atom stereocenters. The van der Waals surface area contributed by atoms with Gasteiger partial charge in [-0.25, -0.2) is 14.6 Å². The van der Waals surface area contributed by atoms with Crippen molar-refractivity contribution in [1.29, 1.82) is 0 Å². The van der Waals surface area contributed by atoms with Crippen molar-refractivity contribution in [3.8, 4) is 5.82 Å². The number of benzene rings is 1. The molecule has 0 bridgehead atoms. The van der Waals surface area contributed by atoms with Crippen LogP contribution in [0.1, 0.15) is 35.7 Å². The Bertz CT molecular complexity index is 879. The number of halogens is 1. The lowest BCUT2D eigenvalue weighted by Crippen LogP contribution is -2.15. The van der Waals surface area contributed by atoms with E-state index in [1.165, 1.54) is 11.1 Å². The molecule has 1 aliphatic heterocycles. The van der Waals surface area contributed by atoms with Crippen molar-refractivity contribution in [1.82, 2.24) is 19.7 Å². The lowest BCUT2D eigenvalue weighted by atomic mass is 9.88. The molecule has 24 heavy (non-hydrogen) atoms. The zero-order chi connectivity index (χ0) is 16.7. The Kier molecular flexibility index (Phi) is 4.26. The monoisotopic (exact) mass is 434 g/mol. The SMILES string of the molecule is Cc1nc(I)cc(-n2ncc3cc(C)c(C4CCOCC4)cc32)n1. The van der Waals surface area contributed by atoms with Gasteiger partial charge in [0.2, 0.25) is 0 Å². The normalized spacial score (nSPS) is 16.0. The molecule has 124 valence electrons. The van der Waals surface area contributed by atoms with Crippen LogP contribution in [0, 0.1) is 17.5 Å². The van der Waals surface area contributed by atoms with Crippen molar-refractivity contribution in [3.63, 3.8) is 0 Å². The number of hydrogen-bond donors (Lipinski definition) is 0. The first-order valence-corrected chi connectivity index (χ1v) is 9.27. The molecule has 1 aromatic carbocycles. The van der Waals surface area contributed by atoms with E-state index in [1.807, 2.05) is 23.9 Å². The van der Waals surface area contributed by atoms with Crippen molar-refractivity contribution in [2.45, 2.75) is 32.6 Å². The van der Waals surface area contributed by atoms with Gasteiger partial charge in [-0.3, -0.25) is 0 Å². The third-order valence-corrected chi connectivity index (χ3v) is 5.18. The van der Waals surface area contributed by atoms with Gasteiger partial charge in [0.25, 0.3) is 0 Å². The summed E-state index contributed by atoms with van der Waals surface area (Å²) in [6.07, 6.45) is 4.09. The maximum atomic E-state index is 5.52. The van der Waals surface area contributed by atoms with E-state index >= 15 is 0 Å². The summed E-state index contributed by atoms with van der Waals surface area (Å²) >= 11 is 2.22. The standard InChI is InChI=1S/C18H19IN4O/c1-11-7-14-10-20-23(18-9-17(19)21-12(2)22-18)16(14)8-15(11)13-3-5-24-6-4-13/h7-10,13H,3-6H2,1-2H3. The van der Waals surface area contributed by atoms with Gasteiger partial charge in [0.05, 0.1) is 11.7 Å². The molecule has 0 N–H and O–H groups in total. The molecule has 3 aromatic rings. The Morgan fingerprint density at radius 2 is 1.92 bits per heavy atom. The highest BCUT2D eigenvalue weighted by Gasteiger charge is 2.19. The lowest BCUT2D eigenvalue weighted by Gasteiger charge is -2.24. The fourth-order valence-corrected chi connectivity index (χ4v) is 4.09. The molecule has 1 aliphatic rings. The summed E-state index contributed by atoms with van der Waals surface area (Å²) in [7, 11) is 0. The molecule has 2 aromatic heterocycles. The number of rotatable bonds is 2. The molecule has 4 rings (SSSR count). The number of nitrogens with zero attached hydrogens (tertiary/aromatic N) is 4. The van der Waals surface area contributed by atoms with Crippen molar-refractivity contribution in [2.24, 2.45) is 0 Å². The summed E-state index contributed by atoms with van der Waals surface area (Å²) in [5.74, 6) is 2.15. The molecule has 1 fully saturated rings. The summed E-state index contributed by atoms with van der Waals surface area (Å²) in [6.45, 7) is 5.81. The van der Waals surface area contributed by atoms with Gasteiger partial charge in [-0.05, 0) is 78.5 Å². The molecule has 3 heterocycles. The van der Waals surface area contributed by atoms with Gasteiger partial charge in [-0.2, -0.15) is 5.10 Å². The maximum absolute atomic E-state index is 5.52. The molecule has 6 heteroatoms. The first-order chi connectivity index (χ1) is 11.6. The first kappa shape index (κ1) is 16.0. The van der Waals surface area contributed by atoms with E-state index in [-0.39, 0.29) is 0 Å². The minimum atomic E-state index is 0.568. The van der Waals surface area contributed by atoms with Crippen LogP contribution < -0.4 is 0 Å². The number of aromatic nitrogens is 4. The second-order valence-electron chi connectivity index (χ2n) is 6.31. The fourth-order valence-electron chi connectivity index (χ4n) is 3.46. The van der Waals surface area contributed by atoms with Crippen LogP contribution in [0.4, 0.5) is 0 Å². The Hall–Kier alpha value is -1.54. The average molecular weight is 434 g/mol. The topological polar surface area (TPSA) is 52.8 Å². The smallest absolute Gasteiger partial charge is 0.158 e. The number of aryl methyl sites for hydroxylation is 2. The molecular weight excluding hydrogens is 415 g/mol. The Labute approximate surface area is 154 Å². The molecule has 0 radical (unpaired) electrons. The van der Waals surface area contributed by atoms with Crippen LogP contribution >= 0.6 is 22.6 Å². The Morgan fingerprint density at radius 3 is 2.67 bits per heavy atom. The van der Waals surface area contributed by atoms with Crippen molar-refractivity contribution in [2.75, 3.05) is 13.2 Å². The summed E-state index contributed by atoms with van der Waals surface area (Å²) in [5, 5.41) is 5.72. The second-order valence-corrected chi connectivity index (χ2v) is 7.41. The van der Waals surface area contributed by atoms with E-state index in [0.717, 1.165) is 52.3 Å². The van der Waals surface area contributed by atoms with E-state index in [0.29, 0.717) is 5.92 Å². The van der Waals surface area contributed by atoms with Crippen molar-refractivity contribution >= 4 is 33.5 Å². The van der Waals surface area contributed by atoms with Crippen LogP contribution in [-0.4, -0.2) is 33.0 Å². The maximum Gasteiger partial charge on any atom is 0.158 e. The van der Waals surface area contributed by atoms with Crippen molar-refractivity contribution in [3.05, 3.63) is 45.0 Å². The highest BCUT2D eigenvalue weighted by molar-refractivity contribution is 14.1. The van der Waals surface area contributed by atoms with E-state index in [4.69, 9.17) is 4.74 Å². The molecule has 1 saturated heterocycles. The van der Waals surface area contributed by atoms with Crippen LogP contribution in [0.15, 0.2) is 24.4 Å². The van der Waals surface area contributed by atoms with Gasteiger partial charge in [-0.1, -0.05) is 0 Å². The number of hydrogen-bond acceptors (Lipinski definition) is 4. The molecule has 0 aliphatic carbocycles. The fraction of sp³-hybridized carbons (Fsp3) is 0.389. The predicted octanol–water partition coefficient (Wildman–Crippen LogP) is 3.93. The molecule has 0 spiro atoms. The summed E-state index contributed by atoms with van der Waals surface area (Å²) in [5.41, 5.74) is 3.85. The lowest BCUT2D eigenvalue weighted by molar-refractivity contribution is 0.0852. The Balaban J connectivity index is 1.85. The van der Waals surface area contributed by atoms with E-state index in [2.05, 4.69) is 56.7 Å². The minimum absolute atomic E-state index is 0.568. The molecule has 0 amide bonds. The van der Waals surface area contributed by atoms with Crippen LogP contribution in [0.2, 0.25) is 0 Å². The van der Waals surface area contributed by atoms with Gasteiger partial charge in [0.15, 0.2) is 5.82 Å². The summed E-state index contributed by atoms with van der Waals surface area (Å²) in [4.78, 5) is 8.91. The number of fused-ring (bicyclic) bond motifs is 1. The summed E-state index contributed by atoms with van der Waals surface area (Å²) in [6, 6.07) is 6.49. The summed E-state index contributed by atoms with van der Waals surface area (Å²) < 4.78 is 8.37. The predicted molar refractivity (Wildman–Crippen MR) is 102 cm³/mol. The largest absolute Gasteiger partial charge is 0.381 e. The van der Waals surface area contributed by atoms with Gasteiger partial charge >= 0.3 is 0 Å². The average Bonchev–Trinajstić information content (AvgIpc) is 2.96. The van der Waals surface area contributed by atoms with Gasteiger partial charge < -0.3 is 4.74 Å². The van der Waals surface area contributed by atoms with E-state index in [9.17, 15) is 0 Å². The first-order valence-electron chi connectivity index (χ1n) is 8.19. The third-order valence-electron chi connectivity index (χ3n) is 4.63. The zero-order valence-electron chi connectivity index (χ0n) is 13.8. The Morgan fingerprint density at radius 1 is 1.12 bits per heavy atom. The van der Waals surface area contributed by atoms with Crippen LogP contribution in [0.3, 0.4) is 0 Å². The van der Waals surface area contributed by atoms with Crippen molar-refractivity contribution < 1.29 is 4.74 Å². The van der Waals surface area contributed by atoms with Gasteiger partial charge in [0, 0.05) is 24.7 Å². The quantitative estimate of drug-likeness (QED) is 0.453. The zero-order valence-corrected chi connectivity index (χ0v) is 15.9. The third kappa shape index (κ3) is 2.93. The minimum Gasteiger partial charge on any atom is -0.381 e. The second kappa shape index (κ2) is 6.40. The highest BCUT2D eigenvalue weighted by atomic mass is 127. The van der Waals surface area contributed by atoms with Gasteiger partial charge in [-0.15, -0.1) is 0 Å². The van der Waals surface area contributed by atoms with Crippen LogP contribution in [0.5, 0.6) is 0 Å².